The first-order valence-electron chi connectivity index (χ1n) is 9.63. The van der Waals surface area contributed by atoms with Crippen LogP contribution in [0.3, 0.4) is 0 Å². The number of nitriles is 1. The fourth-order valence-electron chi connectivity index (χ4n) is 3.72. The van der Waals surface area contributed by atoms with Gasteiger partial charge in [0.25, 0.3) is 0 Å². The molecule has 7 heteroatoms. The fourth-order valence-corrected chi connectivity index (χ4v) is 3.72. The normalized spacial score (nSPS) is 20.4. The molecule has 0 saturated carbocycles. The molecule has 2 aliphatic heterocycles. The summed E-state index contributed by atoms with van der Waals surface area (Å²) in [4.78, 5) is 6.98. The van der Waals surface area contributed by atoms with E-state index in [1.807, 2.05) is 43.9 Å². The van der Waals surface area contributed by atoms with Gasteiger partial charge in [-0.25, -0.2) is 4.98 Å². The van der Waals surface area contributed by atoms with Gasteiger partial charge in [0.05, 0.1) is 17.5 Å². The Labute approximate surface area is 170 Å². The van der Waals surface area contributed by atoms with Crippen molar-refractivity contribution in [3.05, 3.63) is 65.4 Å². The summed E-state index contributed by atoms with van der Waals surface area (Å²) in [6, 6.07) is 6.16. The van der Waals surface area contributed by atoms with Crippen LogP contribution in [0.2, 0.25) is 0 Å². The molecule has 0 radical (unpaired) electrons. The predicted molar refractivity (Wildman–Crippen MR) is 114 cm³/mol. The lowest BCUT2D eigenvalue weighted by Crippen LogP contribution is -2.20. The smallest absolute Gasteiger partial charge is 0.128 e. The maximum Gasteiger partial charge on any atom is 0.128 e. The number of nitrogens with one attached hydrogen (secondary N) is 2. The number of nitrogens with zero attached hydrogens (tertiary/aromatic N) is 5. The summed E-state index contributed by atoms with van der Waals surface area (Å²) < 4.78 is 1.75. The number of rotatable bonds is 4. The molecule has 2 aliphatic rings. The van der Waals surface area contributed by atoms with Crippen molar-refractivity contribution in [2.75, 3.05) is 18.0 Å². The molecule has 1 fully saturated rings. The quantitative estimate of drug-likeness (QED) is 0.623. The van der Waals surface area contributed by atoms with Crippen molar-refractivity contribution >= 4 is 23.2 Å². The Kier molecular flexibility index (Phi) is 5.00. The molecule has 29 heavy (non-hydrogen) atoms. The zero-order valence-corrected chi connectivity index (χ0v) is 16.6. The Morgan fingerprint density at radius 1 is 1.34 bits per heavy atom. The van der Waals surface area contributed by atoms with E-state index in [-0.39, 0.29) is 5.57 Å². The van der Waals surface area contributed by atoms with Crippen LogP contribution in [0.4, 0.5) is 5.82 Å². The van der Waals surface area contributed by atoms with Crippen molar-refractivity contribution in [1.29, 1.82) is 10.7 Å². The molecule has 0 aromatic carbocycles. The predicted octanol–water partition coefficient (Wildman–Crippen LogP) is 3.12. The van der Waals surface area contributed by atoms with E-state index in [0.29, 0.717) is 11.6 Å². The van der Waals surface area contributed by atoms with Gasteiger partial charge in [-0.1, -0.05) is 6.92 Å². The standard InChI is InChI=1S/C22H23N7/c1-15-5-6-29(13-15)21-4-3-16(10-25-21)20-7-17(19-12-27-28(2)14-19)11-26-22(20)18(8-23)9-24/h3-4,7-8,10-12,14-15,23,26H,5-6,13H2,1-2H3/b22-18+,23-8?. The van der Waals surface area contributed by atoms with Crippen molar-refractivity contribution in [3.8, 4) is 6.07 Å². The van der Waals surface area contributed by atoms with Crippen molar-refractivity contribution in [2.24, 2.45) is 13.0 Å². The molecule has 1 saturated heterocycles. The Morgan fingerprint density at radius 3 is 2.79 bits per heavy atom. The third kappa shape index (κ3) is 3.69. The Bertz CT molecular complexity index is 1060. The van der Waals surface area contributed by atoms with E-state index >= 15 is 0 Å². The third-order valence-corrected chi connectivity index (χ3v) is 5.32. The highest BCUT2D eigenvalue weighted by Crippen LogP contribution is 2.32. The van der Waals surface area contributed by atoms with Crippen molar-refractivity contribution in [1.82, 2.24) is 20.1 Å². The van der Waals surface area contributed by atoms with Gasteiger partial charge < -0.3 is 15.6 Å². The zero-order chi connectivity index (χ0) is 20.4. The molecule has 0 spiro atoms. The van der Waals surface area contributed by atoms with Gasteiger partial charge in [-0.05, 0) is 30.5 Å². The van der Waals surface area contributed by atoms with E-state index in [0.717, 1.165) is 47.4 Å². The molecule has 2 aromatic rings. The molecule has 2 N–H and O–H groups in total. The van der Waals surface area contributed by atoms with Crippen LogP contribution in [0, 0.1) is 22.7 Å². The minimum atomic E-state index is 0.273. The van der Waals surface area contributed by atoms with E-state index in [9.17, 15) is 5.26 Å². The van der Waals surface area contributed by atoms with Gasteiger partial charge in [0.2, 0.25) is 0 Å². The van der Waals surface area contributed by atoms with E-state index in [1.165, 1.54) is 6.42 Å². The molecule has 4 heterocycles. The van der Waals surface area contributed by atoms with Gasteiger partial charge >= 0.3 is 0 Å². The van der Waals surface area contributed by atoms with Crippen LogP contribution in [-0.4, -0.2) is 34.1 Å². The lowest BCUT2D eigenvalue weighted by molar-refractivity contribution is 0.659. The first kappa shape index (κ1) is 18.7. The number of aromatic nitrogens is 3. The molecule has 1 unspecified atom stereocenters. The van der Waals surface area contributed by atoms with Gasteiger partial charge in [-0.3, -0.25) is 4.68 Å². The first-order chi connectivity index (χ1) is 14.1. The highest BCUT2D eigenvalue weighted by molar-refractivity contribution is 5.97. The molecular formula is C22H23N7. The van der Waals surface area contributed by atoms with Crippen molar-refractivity contribution in [3.63, 3.8) is 0 Å². The molecule has 1 atom stereocenters. The molecular weight excluding hydrogens is 362 g/mol. The Morgan fingerprint density at radius 2 is 2.21 bits per heavy atom. The molecule has 146 valence electrons. The lowest BCUT2D eigenvalue weighted by Gasteiger charge is -2.21. The molecule has 0 bridgehead atoms. The largest absolute Gasteiger partial charge is 0.359 e. The molecule has 0 aliphatic carbocycles. The minimum Gasteiger partial charge on any atom is -0.359 e. The number of allylic oxidation sites excluding steroid dienone is 4. The van der Waals surface area contributed by atoms with E-state index in [2.05, 4.69) is 33.3 Å². The highest BCUT2D eigenvalue weighted by atomic mass is 15.2. The average Bonchev–Trinajstić information content (AvgIpc) is 3.38. The summed E-state index contributed by atoms with van der Waals surface area (Å²) in [6.07, 6.45) is 11.7. The monoisotopic (exact) mass is 385 g/mol. The fraction of sp³-hybridized carbons (Fsp3) is 0.273. The maximum absolute atomic E-state index is 9.46. The molecule has 0 amide bonds. The van der Waals surface area contributed by atoms with Crippen LogP contribution in [-0.2, 0) is 7.05 Å². The third-order valence-electron chi connectivity index (χ3n) is 5.32. The summed E-state index contributed by atoms with van der Waals surface area (Å²) in [5.41, 5.74) is 4.54. The van der Waals surface area contributed by atoms with Crippen LogP contribution in [0.1, 0.15) is 24.5 Å². The molecule has 2 aromatic heterocycles. The summed E-state index contributed by atoms with van der Waals surface area (Å²) in [5.74, 6) is 1.66. The van der Waals surface area contributed by atoms with Gasteiger partial charge in [-0.15, -0.1) is 0 Å². The summed E-state index contributed by atoms with van der Waals surface area (Å²) in [6.45, 7) is 4.32. The van der Waals surface area contributed by atoms with Gasteiger partial charge in [-0.2, -0.15) is 10.4 Å². The molecule has 4 rings (SSSR count). The maximum atomic E-state index is 9.46. The van der Waals surface area contributed by atoms with E-state index in [1.54, 1.807) is 10.9 Å². The average molecular weight is 385 g/mol. The summed E-state index contributed by atoms with van der Waals surface area (Å²) in [7, 11) is 1.88. The number of hydrogen-bond donors (Lipinski definition) is 2. The topological polar surface area (TPSA) is 93.6 Å². The number of pyridine rings is 1. The number of anilines is 1. The molecule has 7 nitrogen and oxygen atoms in total. The van der Waals surface area contributed by atoms with Gasteiger partial charge in [0.1, 0.15) is 11.9 Å². The van der Waals surface area contributed by atoms with Crippen LogP contribution in [0.15, 0.2) is 54.3 Å². The highest BCUT2D eigenvalue weighted by Gasteiger charge is 2.21. The van der Waals surface area contributed by atoms with E-state index < -0.39 is 0 Å². The second kappa shape index (κ2) is 7.76. The van der Waals surface area contributed by atoms with Crippen LogP contribution < -0.4 is 10.2 Å². The Hall–Kier alpha value is -3.66. The number of aryl methyl sites for hydroxylation is 1. The van der Waals surface area contributed by atoms with Gasteiger partial charge in [0.15, 0.2) is 0 Å². The zero-order valence-electron chi connectivity index (χ0n) is 16.6. The van der Waals surface area contributed by atoms with Crippen LogP contribution >= 0.6 is 0 Å². The number of hydrogen-bond acceptors (Lipinski definition) is 6. The second-order valence-electron chi connectivity index (χ2n) is 7.49. The lowest BCUT2D eigenvalue weighted by atomic mass is 9.94. The summed E-state index contributed by atoms with van der Waals surface area (Å²) >= 11 is 0. The second-order valence-corrected chi connectivity index (χ2v) is 7.49. The van der Waals surface area contributed by atoms with E-state index in [4.69, 9.17) is 5.41 Å². The SMILES string of the molecule is CC1CCN(c2ccc(C3=CC(c4cnn(C)c4)=CN/C3=C(/C#N)C=N)cn2)C1. The van der Waals surface area contributed by atoms with Crippen molar-refractivity contribution < 1.29 is 0 Å². The van der Waals surface area contributed by atoms with Crippen molar-refractivity contribution in [2.45, 2.75) is 13.3 Å². The first-order valence-corrected chi connectivity index (χ1v) is 9.63. The minimum absolute atomic E-state index is 0.273. The van der Waals surface area contributed by atoms with Crippen LogP contribution in [0.5, 0.6) is 0 Å². The van der Waals surface area contributed by atoms with Crippen LogP contribution in [0.25, 0.3) is 11.1 Å². The summed E-state index contributed by atoms with van der Waals surface area (Å²) in [5, 5.41) is 24.5. The Balaban J connectivity index is 1.72. The number of dihydropyridines is 1. The van der Waals surface area contributed by atoms with Gasteiger partial charge in [0, 0.05) is 67.2 Å².